The second kappa shape index (κ2) is 13.2. The number of hydrogen-bond donors (Lipinski definition) is 4. The number of ether oxygens (including phenoxy) is 2. The normalized spacial score (nSPS) is 18.6. The summed E-state index contributed by atoms with van der Waals surface area (Å²) in [7, 11) is 1.60. The summed E-state index contributed by atoms with van der Waals surface area (Å²) in [6, 6.07) is 3.47. The van der Waals surface area contributed by atoms with Gasteiger partial charge in [-0.25, -0.2) is 4.79 Å². The van der Waals surface area contributed by atoms with Crippen LogP contribution in [0.2, 0.25) is 10.0 Å². The van der Waals surface area contributed by atoms with Gasteiger partial charge in [-0.05, 0) is 50.6 Å². The maximum atomic E-state index is 10.3. The van der Waals surface area contributed by atoms with Crippen molar-refractivity contribution in [3.63, 3.8) is 0 Å². The Morgan fingerprint density at radius 2 is 1.66 bits per heavy atom. The van der Waals surface area contributed by atoms with Crippen molar-refractivity contribution in [3.8, 4) is 11.5 Å². The van der Waals surface area contributed by atoms with Gasteiger partial charge in [0.25, 0.3) is 0 Å². The van der Waals surface area contributed by atoms with Crippen LogP contribution in [0.3, 0.4) is 0 Å². The van der Waals surface area contributed by atoms with Crippen molar-refractivity contribution in [2.24, 2.45) is 5.92 Å². The number of carbonyl (C=O) groups is 3. The van der Waals surface area contributed by atoms with Gasteiger partial charge in [-0.15, -0.1) is 0 Å². The van der Waals surface area contributed by atoms with Crippen LogP contribution in [0.1, 0.15) is 44.9 Å². The highest BCUT2D eigenvalue weighted by Crippen LogP contribution is 2.39. The number of nitrogens with zero attached hydrogens (tertiary/aromatic N) is 1. The van der Waals surface area contributed by atoms with Gasteiger partial charge in [-0.3, -0.25) is 9.59 Å². The summed E-state index contributed by atoms with van der Waals surface area (Å²) < 4.78 is 11.5. The van der Waals surface area contributed by atoms with Crippen LogP contribution in [-0.2, 0) is 14.4 Å². The molecule has 0 aromatic heterocycles. The maximum Gasteiger partial charge on any atom is 0.336 e. The summed E-state index contributed by atoms with van der Waals surface area (Å²) in [5.41, 5.74) is -2.74. The van der Waals surface area contributed by atoms with E-state index in [0.29, 0.717) is 21.5 Å². The highest BCUT2D eigenvalue weighted by atomic mass is 35.5. The third-order valence-corrected chi connectivity index (χ3v) is 6.24. The molecular formula is C23H31Cl2NO9. The molecule has 1 aromatic carbocycles. The number of aliphatic hydroxyl groups is 1. The van der Waals surface area contributed by atoms with Gasteiger partial charge in [-0.1, -0.05) is 23.2 Å². The minimum Gasteiger partial charge on any atom is -0.491 e. The van der Waals surface area contributed by atoms with Crippen LogP contribution >= 0.6 is 23.2 Å². The van der Waals surface area contributed by atoms with Gasteiger partial charge >= 0.3 is 17.9 Å². The lowest BCUT2D eigenvalue weighted by molar-refractivity contribution is -0.170. The van der Waals surface area contributed by atoms with Gasteiger partial charge in [0.1, 0.15) is 6.10 Å². The Morgan fingerprint density at radius 1 is 1.03 bits per heavy atom. The Labute approximate surface area is 213 Å². The molecule has 1 saturated heterocycles. The van der Waals surface area contributed by atoms with Crippen LogP contribution in [0.25, 0.3) is 0 Å². The number of methoxy groups -OCH3 is 1. The van der Waals surface area contributed by atoms with Crippen molar-refractivity contribution in [1.82, 2.24) is 4.90 Å². The van der Waals surface area contributed by atoms with Crippen LogP contribution in [-0.4, -0.2) is 81.7 Å². The molecule has 10 nitrogen and oxygen atoms in total. The fourth-order valence-corrected chi connectivity index (χ4v) is 4.36. The highest BCUT2D eigenvalue weighted by Gasteiger charge is 2.40. The molecular weight excluding hydrogens is 505 g/mol. The summed E-state index contributed by atoms with van der Waals surface area (Å²) >= 11 is 12.3. The minimum absolute atomic E-state index is 0.202. The van der Waals surface area contributed by atoms with Crippen LogP contribution in [0.5, 0.6) is 11.5 Å². The molecule has 3 rings (SSSR count). The van der Waals surface area contributed by atoms with Crippen LogP contribution < -0.4 is 9.47 Å². The zero-order chi connectivity index (χ0) is 26.2. The average Bonchev–Trinajstić information content (AvgIpc) is 3.56. The zero-order valence-electron chi connectivity index (χ0n) is 19.4. The molecule has 196 valence electrons. The number of carboxylic acid groups (broad SMARTS) is 3. The Kier molecular flexibility index (Phi) is 10.9. The van der Waals surface area contributed by atoms with E-state index in [4.69, 9.17) is 53.1 Å². The summed E-state index contributed by atoms with van der Waals surface area (Å²) in [4.78, 5) is 33.1. The van der Waals surface area contributed by atoms with Crippen molar-refractivity contribution in [2.45, 2.75) is 56.7 Å². The number of likely N-dealkylation sites (tertiary alicyclic amines) is 1. The molecule has 2 aliphatic rings. The van der Waals surface area contributed by atoms with Crippen molar-refractivity contribution >= 4 is 41.1 Å². The molecule has 12 heteroatoms. The van der Waals surface area contributed by atoms with E-state index >= 15 is 0 Å². The van der Waals surface area contributed by atoms with E-state index in [1.165, 1.54) is 32.4 Å². The predicted octanol–water partition coefficient (Wildman–Crippen LogP) is 3.40. The van der Waals surface area contributed by atoms with Gasteiger partial charge < -0.3 is 34.8 Å². The second-order valence-electron chi connectivity index (χ2n) is 8.81. The first-order valence-electron chi connectivity index (χ1n) is 11.2. The first-order valence-corrected chi connectivity index (χ1v) is 12.0. The number of carboxylic acids is 3. The molecule has 0 spiro atoms. The lowest BCUT2D eigenvalue weighted by Gasteiger charge is -2.21. The third-order valence-electron chi connectivity index (χ3n) is 5.74. The quantitative estimate of drug-likeness (QED) is 0.350. The molecule has 1 saturated carbocycles. The fraction of sp³-hybridized carbons (Fsp3) is 0.609. The van der Waals surface area contributed by atoms with E-state index in [1.54, 1.807) is 19.2 Å². The SMILES string of the molecule is COc1c(Cl)cc(Cl)cc1OC1CCCN(CC2CC2)CC1.O=C(O)CC(O)(CC(=O)O)C(=O)O. The Balaban J connectivity index is 0.000000287. The average molecular weight is 536 g/mol. The smallest absolute Gasteiger partial charge is 0.336 e. The van der Waals surface area contributed by atoms with Gasteiger partial charge in [0.15, 0.2) is 17.1 Å². The van der Waals surface area contributed by atoms with Gasteiger partial charge in [0, 0.05) is 24.2 Å². The number of halogens is 2. The molecule has 1 aromatic rings. The Morgan fingerprint density at radius 3 is 2.17 bits per heavy atom. The van der Waals surface area contributed by atoms with Gasteiger partial charge in [0.2, 0.25) is 0 Å². The molecule has 0 bridgehead atoms. The monoisotopic (exact) mass is 535 g/mol. The molecule has 0 amide bonds. The molecule has 0 radical (unpaired) electrons. The summed E-state index contributed by atoms with van der Waals surface area (Å²) in [6.45, 7) is 3.56. The Hall–Kier alpha value is -2.27. The number of hydrogen-bond acceptors (Lipinski definition) is 7. The third kappa shape index (κ3) is 9.71. The molecule has 1 atom stereocenters. The largest absolute Gasteiger partial charge is 0.491 e. The summed E-state index contributed by atoms with van der Waals surface area (Å²) in [5, 5.41) is 34.9. The van der Waals surface area contributed by atoms with E-state index in [1.807, 2.05) is 0 Å². The Bertz CT molecular complexity index is 891. The van der Waals surface area contributed by atoms with Crippen molar-refractivity contribution in [3.05, 3.63) is 22.2 Å². The first-order chi connectivity index (χ1) is 16.4. The van der Waals surface area contributed by atoms with E-state index in [-0.39, 0.29) is 6.10 Å². The number of rotatable bonds is 10. The molecule has 35 heavy (non-hydrogen) atoms. The molecule has 4 N–H and O–H groups in total. The van der Waals surface area contributed by atoms with Crippen molar-refractivity contribution in [1.29, 1.82) is 0 Å². The van der Waals surface area contributed by atoms with E-state index < -0.39 is 36.4 Å². The lowest BCUT2D eigenvalue weighted by Crippen LogP contribution is -2.42. The highest BCUT2D eigenvalue weighted by molar-refractivity contribution is 6.35. The number of aliphatic carboxylic acids is 3. The molecule has 1 unspecified atom stereocenters. The van der Waals surface area contributed by atoms with E-state index in [9.17, 15) is 14.4 Å². The standard InChI is InChI=1S/C17H23Cl2NO2.C6H8O7/c1-21-17-15(19)9-13(18)10-16(17)22-14-3-2-7-20(8-6-14)11-12-4-5-12;7-3(8)1-6(13,5(11)12)2-4(9)10/h9-10,12,14H,2-8,11H2,1H3;13H,1-2H2,(H,7,8)(H,9,10)(H,11,12). The van der Waals surface area contributed by atoms with Gasteiger partial charge in [0.05, 0.1) is 25.0 Å². The predicted molar refractivity (Wildman–Crippen MR) is 128 cm³/mol. The van der Waals surface area contributed by atoms with Crippen molar-refractivity contribution < 1.29 is 44.3 Å². The molecule has 1 aliphatic carbocycles. The van der Waals surface area contributed by atoms with Crippen LogP contribution in [0, 0.1) is 5.92 Å². The van der Waals surface area contributed by atoms with E-state index in [2.05, 4.69) is 4.90 Å². The maximum absolute atomic E-state index is 10.3. The number of benzene rings is 1. The summed E-state index contributed by atoms with van der Waals surface area (Å²) in [5.74, 6) is -2.84. The lowest BCUT2D eigenvalue weighted by atomic mass is 9.96. The second-order valence-corrected chi connectivity index (χ2v) is 9.66. The zero-order valence-corrected chi connectivity index (χ0v) is 20.9. The summed E-state index contributed by atoms with van der Waals surface area (Å²) in [6.07, 6.45) is 4.02. The van der Waals surface area contributed by atoms with Crippen LogP contribution in [0.15, 0.2) is 12.1 Å². The minimum atomic E-state index is -2.74. The van der Waals surface area contributed by atoms with Crippen molar-refractivity contribution in [2.75, 3.05) is 26.7 Å². The molecule has 1 heterocycles. The topological polar surface area (TPSA) is 154 Å². The first kappa shape index (κ1) is 29.0. The molecule has 1 aliphatic heterocycles. The van der Waals surface area contributed by atoms with Crippen LogP contribution in [0.4, 0.5) is 0 Å². The van der Waals surface area contributed by atoms with E-state index in [0.717, 1.165) is 25.3 Å². The molecule has 2 fully saturated rings. The van der Waals surface area contributed by atoms with Gasteiger partial charge in [-0.2, -0.15) is 0 Å². The fourth-order valence-electron chi connectivity index (χ4n) is 3.81.